The summed E-state index contributed by atoms with van der Waals surface area (Å²) >= 11 is 0. The summed E-state index contributed by atoms with van der Waals surface area (Å²) in [5.74, 6) is -0.181. The lowest BCUT2D eigenvalue weighted by atomic mass is 9.96. The Kier molecular flexibility index (Phi) is 4.33. The second-order valence-electron chi connectivity index (χ2n) is 4.83. The van der Waals surface area contributed by atoms with Crippen molar-refractivity contribution < 1.29 is 13.5 Å². The van der Waals surface area contributed by atoms with E-state index in [-0.39, 0.29) is 5.75 Å². The molecule has 1 N–H and O–H groups in total. The third kappa shape index (κ3) is 4.48. The van der Waals surface area contributed by atoms with E-state index >= 15 is 0 Å². The highest BCUT2D eigenvalue weighted by Gasteiger charge is 2.15. The smallest absolute Gasteiger partial charge is 0.150 e. The van der Waals surface area contributed by atoms with Gasteiger partial charge in [-0.1, -0.05) is 17.7 Å². The summed E-state index contributed by atoms with van der Waals surface area (Å²) < 4.78 is 22.2. The van der Waals surface area contributed by atoms with Gasteiger partial charge in [-0.25, -0.2) is 8.42 Å². The summed E-state index contributed by atoms with van der Waals surface area (Å²) in [6.07, 6.45) is 0.709. The van der Waals surface area contributed by atoms with E-state index in [1.807, 2.05) is 20.8 Å². The molecular weight excluding hydrogens is 236 g/mol. The third-order valence-corrected chi connectivity index (χ3v) is 3.77. The molecule has 0 saturated carbocycles. The van der Waals surface area contributed by atoms with E-state index in [2.05, 4.69) is 12.1 Å². The van der Waals surface area contributed by atoms with Gasteiger partial charge in [0.2, 0.25) is 0 Å². The van der Waals surface area contributed by atoms with Crippen molar-refractivity contribution in [2.24, 2.45) is 0 Å². The van der Waals surface area contributed by atoms with Crippen molar-refractivity contribution >= 4 is 9.84 Å². The molecule has 0 bridgehead atoms. The molecule has 1 rings (SSSR count). The molecule has 0 radical (unpaired) electrons. The lowest BCUT2D eigenvalue weighted by molar-refractivity contribution is 0.197. The number of aliphatic hydroxyl groups excluding tert-OH is 1. The summed E-state index contributed by atoms with van der Waals surface area (Å²) in [7, 11) is -3.13. The van der Waals surface area contributed by atoms with Crippen molar-refractivity contribution in [3.05, 3.63) is 34.4 Å². The van der Waals surface area contributed by atoms with E-state index in [4.69, 9.17) is 0 Å². The molecule has 1 aromatic rings. The van der Waals surface area contributed by atoms with Crippen LogP contribution in [-0.4, -0.2) is 31.6 Å². The van der Waals surface area contributed by atoms with Gasteiger partial charge in [0.1, 0.15) is 9.84 Å². The molecule has 17 heavy (non-hydrogen) atoms. The molecule has 0 aliphatic rings. The summed E-state index contributed by atoms with van der Waals surface area (Å²) in [5, 5.41) is 9.78. The van der Waals surface area contributed by atoms with E-state index in [1.165, 1.54) is 5.56 Å². The van der Waals surface area contributed by atoms with Crippen molar-refractivity contribution in [1.29, 1.82) is 0 Å². The minimum absolute atomic E-state index is 0.181. The summed E-state index contributed by atoms with van der Waals surface area (Å²) in [6, 6.07) is 4.10. The van der Waals surface area contributed by atoms with Gasteiger partial charge in [-0.05, 0) is 43.9 Å². The maximum atomic E-state index is 11.1. The number of hydrogen-bond donors (Lipinski definition) is 1. The van der Waals surface area contributed by atoms with E-state index in [9.17, 15) is 13.5 Å². The maximum absolute atomic E-state index is 11.1. The van der Waals surface area contributed by atoms with Crippen LogP contribution in [0, 0.1) is 20.8 Å². The van der Waals surface area contributed by atoms with Gasteiger partial charge in [0.25, 0.3) is 0 Å². The van der Waals surface area contributed by atoms with Crippen LogP contribution in [0.2, 0.25) is 0 Å². The Morgan fingerprint density at radius 3 is 2.06 bits per heavy atom. The van der Waals surface area contributed by atoms with Crippen LogP contribution in [0.5, 0.6) is 0 Å². The number of sulfone groups is 1. The highest BCUT2D eigenvalue weighted by Crippen LogP contribution is 2.18. The summed E-state index contributed by atoms with van der Waals surface area (Å²) in [4.78, 5) is 0. The number of aryl methyl sites for hydroxylation is 3. The third-order valence-electron chi connectivity index (χ3n) is 2.78. The molecule has 0 aromatic heterocycles. The van der Waals surface area contributed by atoms with Crippen LogP contribution >= 0.6 is 0 Å². The highest BCUT2D eigenvalue weighted by atomic mass is 32.2. The zero-order valence-electron chi connectivity index (χ0n) is 10.8. The van der Waals surface area contributed by atoms with Gasteiger partial charge >= 0.3 is 0 Å². The lowest BCUT2D eigenvalue weighted by Gasteiger charge is -2.15. The van der Waals surface area contributed by atoms with Crippen molar-refractivity contribution in [2.45, 2.75) is 33.3 Å². The van der Waals surface area contributed by atoms with Crippen molar-refractivity contribution in [1.82, 2.24) is 0 Å². The van der Waals surface area contributed by atoms with Crippen molar-refractivity contribution in [3.8, 4) is 0 Å². The SMILES string of the molecule is Cc1cc(C)c(CC(O)CS(C)(=O)=O)c(C)c1. The largest absolute Gasteiger partial charge is 0.392 e. The van der Waals surface area contributed by atoms with Crippen LogP contribution in [0.1, 0.15) is 22.3 Å². The zero-order chi connectivity index (χ0) is 13.2. The van der Waals surface area contributed by atoms with Crippen LogP contribution in [-0.2, 0) is 16.3 Å². The Hall–Kier alpha value is -0.870. The number of benzene rings is 1. The Morgan fingerprint density at radius 1 is 1.18 bits per heavy atom. The summed E-state index contributed by atoms with van der Waals surface area (Å²) in [5.41, 5.74) is 4.44. The molecule has 0 amide bonds. The number of aliphatic hydroxyl groups is 1. The quantitative estimate of drug-likeness (QED) is 0.889. The first kappa shape index (κ1) is 14.2. The van der Waals surface area contributed by atoms with Gasteiger partial charge in [-0.3, -0.25) is 0 Å². The predicted molar refractivity (Wildman–Crippen MR) is 70.1 cm³/mol. The van der Waals surface area contributed by atoms with Gasteiger partial charge in [-0.15, -0.1) is 0 Å². The molecule has 0 heterocycles. The van der Waals surface area contributed by atoms with E-state index < -0.39 is 15.9 Å². The fourth-order valence-corrected chi connectivity index (χ4v) is 2.99. The Bertz CT molecular complexity index is 480. The normalized spacial score (nSPS) is 13.7. The molecule has 1 aromatic carbocycles. The first-order valence-electron chi connectivity index (χ1n) is 5.61. The van der Waals surface area contributed by atoms with Crippen LogP contribution in [0.4, 0.5) is 0 Å². The highest BCUT2D eigenvalue weighted by molar-refractivity contribution is 7.90. The molecule has 1 unspecified atom stereocenters. The Morgan fingerprint density at radius 2 is 1.65 bits per heavy atom. The van der Waals surface area contributed by atoms with Crippen LogP contribution < -0.4 is 0 Å². The van der Waals surface area contributed by atoms with E-state index in [1.54, 1.807) is 0 Å². The molecule has 0 aliphatic heterocycles. The van der Waals surface area contributed by atoms with Crippen molar-refractivity contribution in [2.75, 3.05) is 12.0 Å². The van der Waals surface area contributed by atoms with Gasteiger partial charge in [-0.2, -0.15) is 0 Å². The topological polar surface area (TPSA) is 54.4 Å². The second-order valence-corrected chi connectivity index (χ2v) is 7.01. The van der Waals surface area contributed by atoms with Crippen LogP contribution in [0.15, 0.2) is 12.1 Å². The minimum Gasteiger partial charge on any atom is -0.392 e. The van der Waals surface area contributed by atoms with E-state index in [0.717, 1.165) is 22.9 Å². The first-order valence-corrected chi connectivity index (χ1v) is 7.67. The Labute approximate surface area is 103 Å². The number of rotatable bonds is 4. The van der Waals surface area contributed by atoms with Crippen LogP contribution in [0.3, 0.4) is 0 Å². The molecular formula is C13H20O3S. The number of hydrogen-bond acceptors (Lipinski definition) is 3. The monoisotopic (exact) mass is 256 g/mol. The molecule has 3 nitrogen and oxygen atoms in total. The standard InChI is InChI=1S/C13H20O3S/c1-9-5-10(2)13(11(3)6-9)7-12(14)8-17(4,15)16/h5-6,12,14H,7-8H2,1-4H3. The predicted octanol–water partition coefficient (Wildman–Crippen LogP) is 1.56. The lowest BCUT2D eigenvalue weighted by Crippen LogP contribution is -2.22. The molecule has 0 aliphatic carbocycles. The first-order chi connectivity index (χ1) is 7.69. The van der Waals surface area contributed by atoms with Crippen molar-refractivity contribution in [3.63, 3.8) is 0 Å². The van der Waals surface area contributed by atoms with Gasteiger partial charge in [0, 0.05) is 6.26 Å². The average Bonchev–Trinajstić information content (AvgIpc) is 2.08. The summed E-state index contributed by atoms with van der Waals surface area (Å²) in [6.45, 7) is 6.00. The van der Waals surface area contributed by atoms with Gasteiger partial charge in [0.15, 0.2) is 0 Å². The van der Waals surface area contributed by atoms with Gasteiger partial charge < -0.3 is 5.11 Å². The maximum Gasteiger partial charge on any atom is 0.150 e. The fraction of sp³-hybridized carbons (Fsp3) is 0.538. The van der Waals surface area contributed by atoms with Gasteiger partial charge in [0.05, 0.1) is 11.9 Å². The Balaban J connectivity index is 2.89. The second kappa shape index (κ2) is 5.19. The van der Waals surface area contributed by atoms with Crippen LogP contribution in [0.25, 0.3) is 0 Å². The zero-order valence-corrected chi connectivity index (χ0v) is 11.6. The molecule has 96 valence electrons. The molecule has 0 spiro atoms. The minimum atomic E-state index is -3.13. The molecule has 4 heteroatoms. The van der Waals surface area contributed by atoms with E-state index in [0.29, 0.717) is 6.42 Å². The molecule has 1 atom stereocenters. The fourth-order valence-electron chi connectivity index (χ4n) is 2.18. The average molecular weight is 256 g/mol. The molecule has 0 saturated heterocycles. The molecule has 0 fully saturated rings.